The summed E-state index contributed by atoms with van der Waals surface area (Å²) in [5, 5.41) is 13.9. The van der Waals surface area contributed by atoms with Crippen molar-refractivity contribution >= 4 is 34.8 Å². The maximum atomic E-state index is 11.8. The van der Waals surface area contributed by atoms with Gasteiger partial charge in [-0.05, 0) is 57.7 Å². The third-order valence-electron chi connectivity index (χ3n) is 5.62. The zero-order valence-electron chi connectivity index (χ0n) is 16.0. The van der Waals surface area contributed by atoms with E-state index in [4.69, 9.17) is 23.2 Å². The zero-order chi connectivity index (χ0) is 19.6. The zero-order valence-corrected chi connectivity index (χ0v) is 17.6. The van der Waals surface area contributed by atoms with E-state index in [9.17, 15) is 9.90 Å². The molecule has 0 atom stereocenters. The van der Waals surface area contributed by atoms with E-state index in [1.54, 1.807) is 0 Å². The first-order chi connectivity index (χ1) is 12.7. The van der Waals surface area contributed by atoms with Crippen molar-refractivity contribution in [2.75, 3.05) is 37.6 Å². The molecule has 1 saturated carbocycles. The van der Waals surface area contributed by atoms with E-state index in [1.807, 2.05) is 18.2 Å². The van der Waals surface area contributed by atoms with Gasteiger partial charge in [-0.2, -0.15) is 0 Å². The van der Waals surface area contributed by atoms with Crippen molar-refractivity contribution in [2.45, 2.75) is 44.8 Å². The van der Waals surface area contributed by atoms with Crippen LogP contribution in [0, 0.1) is 5.92 Å². The molecule has 2 N–H and O–H groups in total. The number of rotatable bonds is 6. The fraction of sp³-hybridized carbons (Fsp3) is 0.650. The number of nitrogens with zero attached hydrogens (tertiary/aromatic N) is 2. The van der Waals surface area contributed by atoms with Crippen molar-refractivity contribution < 1.29 is 9.90 Å². The minimum atomic E-state index is -1.30. The van der Waals surface area contributed by atoms with Crippen molar-refractivity contribution in [2.24, 2.45) is 5.92 Å². The molecule has 1 aliphatic heterocycles. The van der Waals surface area contributed by atoms with Gasteiger partial charge in [-0.15, -0.1) is 0 Å². The molecule has 0 bridgehead atoms. The van der Waals surface area contributed by atoms with Crippen molar-refractivity contribution in [3.05, 3.63) is 28.2 Å². The first-order valence-electron chi connectivity index (χ1n) is 9.68. The van der Waals surface area contributed by atoms with E-state index in [1.165, 1.54) is 13.8 Å². The van der Waals surface area contributed by atoms with Crippen molar-refractivity contribution in [3.63, 3.8) is 0 Å². The van der Waals surface area contributed by atoms with Crippen LogP contribution in [0.25, 0.3) is 0 Å². The molecule has 1 aromatic rings. The number of halogens is 2. The Labute approximate surface area is 171 Å². The predicted octanol–water partition coefficient (Wildman–Crippen LogP) is 3.17. The number of hydrogen-bond donors (Lipinski definition) is 2. The standard InChI is InChI=1S/C20H29Cl2N3O2/c1-20(2,27)19(26)23-15-12-14(13-15)6-7-24-8-10-25(11-9-24)17-5-3-4-16(21)18(17)22/h3-5,14-15,27H,6-13H2,1-2H3,(H,23,26)/t14-,15-. The van der Waals surface area contributed by atoms with E-state index >= 15 is 0 Å². The largest absolute Gasteiger partial charge is 0.381 e. The number of aliphatic hydroxyl groups is 1. The topological polar surface area (TPSA) is 55.8 Å². The van der Waals surface area contributed by atoms with Gasteiger partial charge in [0.15, 0.2) is 0 Å². The summed E-state index contributed by atoms with van der Waals surface area (Å²) in [6.07, 6.45) is 3.19. The monoisotopic (exact) mass is 413 g/mol. The Bertz CT molecular complexity index is 664. The minimum absolute atomic E-state index is 0.218. The lowest BCUT2D eigenvalue weighted by Gasteiger charge is -2.40. The minimum Gasteiger partial charge on any atom is -0.381 e. The maximum absolute atomic E-state index is 11.8. The Morgan fingerprint density at radius 3 is 2.52 bits per heavy atom. The summed E-state index contributed by atoms with van der Waals surface area (Å²) >= 11 is 12.5. The van der Waals surface area contributed by atoms with Crippen LogP contribution in [-0.2, 0) is 4.79 Å². The molecule has 0 spiro atoms. The van der Waals surface area contributed by atoms with Gasteiger partial charge in [0, 0.05) is 32.2 Å². The van der Waals surface area contributed by atoms with Gasteiger partial charge >= 0.3 is 0 Å². The number of carbonyl (C=O) groups excluding carboxylic acids is 1. The summed E-state index contributed by atoms with van der Waals surface area (Å²) in [4.78, 5) is 16.6. The van der Waals surface area contributed by atoms with Gasteiger partial charge in [0.25, 0.3) is 5.91 Å². The second kappa shape index (κ2) is 8.56. The molecule has 5 nitrogen and oxygen atoms in total. The highest BCUT2D eigenvalue weighted by Crippen LogP contribution is 2.33. The van der Waals surface area contributed by atoms with Crippen LogP contribution in [-0.4, -0.2) is 60.3 Å². The smallest absolute Gasteiger partial charge is 0.251 e. The lowest BCUT2D eigenvalue weighted by molar-refractivity contribution is -0.138. The molecule has 7 heteroatoms. The number of amides is 1. The normalized spacial score (nSPS) is 23.8. The summed E-state index contributed by atoms with van der Waals surface area (Å²) in [6, 6.07) is 6.01. The van der Waals surface area contributed by atoms with E-state index in [0.29, 0.717) is 16.0 Å². The molecule has 1 aromatic carbocycles. The SMILES string of the molecule is CC(C)(O)C(=O)N[C@H]1C[C@H](CCN2CCN(c3cccc(Cl)c3Cl)CC2)C1. The van der Waals surface area contributed by atoms with Crippen molar-refractivity contribution in [1.82, 2.24) is 10.2 Å². The van der Waals surface area contributed by atoms with Gasteiger partial charge in [0.1, 0.15) is 5.60 Å². The average Bonchev–Trinajstić information content (AvgIpc) is 2.58. The highest BCUT2D eigenvalue weighted by Gasteiger charge is 2.34. The number of hydrogen-bond acceptors (Lipinski definition) is 4. The average molecular weight is 414 g/mol. The van der Waals surface area contributed by atoms with Crippen LogP contribution in [0.2, 0.25) is 10.0 Å². The lowest BCUT2D eigenvalue weighted by Crippen LogP contribution is -2.52. The summed E-state index contributed by atoms with van der Waals surface area (Å²) in [6.45, 7) is 8.09. The Morgan fingerprint density at radius 2 is 1.89 bits per heavy atom. The molecule has 0 aromatic heterocycles. The molecular formula is C20H29Cl2N3O2. The number of nitrogens with one attached hydrogen (secondary N) is 1. The number of anilines is 1. The quantitative estimate of drug-likeness (QED) is 0.751. The van der Waals surface area contributed by atoms with Gasteiger partial charge < -0.3 is 15.3 Å². The second-order valence-electron chi connectivity index (χ2n) is 8.26. The molecule has 150 valence electrons. The van der Waals surface area contributed by atoms with Gasteiger partial charge in [-0.3, -0.25) is 9.69 Å². The maximum Gasteiger partial charge on any atom is 0.251 e. The van der Waals surface area contributed by atoms with Crippen LogP contribution in [0.3, 0.4) is 0 Å². The van der Waals surface area contributed by atoms with Crippen LogP contribution in [0.5, 0.6) is 0 Å². The van der Waals surface area contributed by atoms with E-state index in [-0.39, 0.29) is 11.9 Å². The number of benzene rings is 1. The summed E-state index contributed by atoms with van der Waals surface area (Å²) < 4.78 is 0. The second-order valence-corrected chi connectivity index (χ2v) is 9.04. The van der Waals surface area contributed by atoms with Crippen molar-refractivity contribution in [1.29, 1.82) is 0 Å². The number of piperazine rings is 1. The Kier molecular flexibility index (Phi) is 6.57. The molecule has 2 aliphatic rings. The highest BCUT2D eigenvalue weighted by molar-refractivity contribution is 6.43. The van der Waals surface area contributed by atoms with Gasteiger partial charge in [-0.1, -0.05) is 29.3 Å². The van der Waals surface area contributed by atoms with E-state index < -0.39 is 5.60 Å². The Morgan fingerprint density at radius 1 is 1.22 bits per heavy atom. The van der Waals surface area contributed by atoms with Crippen LogP contribution >= 0.6 is 23.2 Å². The van der Waals surface area contributed by atoms with Crippen LogP contribution < -0.4 is 10.2 Å². The molecule has 3 rings (SSSR count). The van der Waals surface area contributed by atoms with Gasteiger partial charge in [-0.25, -0.2) is 0 Å². The summed E-state index contributed by atoms with van der Waals surface area (Å²) in [5.41, 5.74) is -0.274. The van der Waals surface area contributed by atoms with Crippen LogP contribution in [0.15, 0.2) is 18.2 Å². The van der Waals surface area contributed by atoms with Crippen LogP contribution in [0.4, 0.5) is 5.69 Å². The first-order valence-corrected chi connectivity index (χ1v) is 10.4. The molecule has 1 amide bonds. The van der Waals surface area contributed by atoms with Gasteiger partial charge in [0.2, 0.25) is 0 Å². The molecule has 1 saturated heterocycles. The molecule has 0 radical (unpaired) electrons. The summed E-state index contributed by atoms with van der Waals surface area (Å²) in [7, 11) is 0. The van der Waals surface area contributed by atoms with E-state index in [0.717, 1.165) is 57.7 Å². The molecule has 2 fully saturated rings. The third kappa shape index (κ3) is 5.29. The molecule has 0 unspecified atom stereocenters. The third-order valence-corrected chi connectivity index (χ3v) is 6.43. The lowest BCUT2D eigenvalue weighted by atomic mass is 9.78. The van der Waals surface area contributed by atoms with E-state index in [2.05, 4.69) is 15.1 Å². The fourth-order valence-corrected chi connectivity index (χ4v) is 4.18. The Hall–Kier alpha value is -1.01. The molecule has 1 aliphatic carbocycles. The highest BCUT2D eigenvalue weighted by atomic mass is 35.5. The summed E-state index contributed by atoms with van der Waals surface area (Å²) in [5.74, 6) is 0.388. The Balaban J connectivity index is 1.35. The van der Waals surface area contributed by atoms with Crippen molar-refractivity contribution in [3.8, 4) is 0 Å². The molecule has 1 heterocycles. The van der Waals surface area contributed by atoms with Gasteiger partial charge in [0.05, 0.1) is 15.7 Å². The molecule has 27 heavy (non-hydrogen) atoms. The van der Waals surface area contributed by atoms with Crippen LogP contribution in [0.1, 0.15) is 33.1 Å². The number of carbonyl (C=O) groups is 1. The first kappa shape index (κ1) is 20.7. The molecular weight excluding hydrogens is 385 g/mol. The fourth-order valence-electron chi connectivity index (χ4n) is 3.77. The predicted molar refractivity (Wildman–Crippen MR) is 111 cm³/mol.